The van der Waals surface area contributed by atoms with Crippen molar-refractivity contribution in [1.29, 1.82) is 0 Å². The Morgan fingerprint density at radius 3 is 2.39 bits per heavy atom. The summed E-state index contributed by atoms with van der Waals surface area (Å²) in [6, 6.07) is -1.13. The smallest absolute Gasteiger partial charge is 0.380 e. The minimum absolute atomic E-state index is 0.108. The number of rotatable bonds is 8. The van der Waals surface area contributed by atoms with Crippen LogP contribution in [-0.4, -0.2) is 107 Å². The Hall–Kier alpha value is -2.33. The lowest BCUT2D eigenvalue weighted by molar-refractivity contribution is -0.559. The van der Waals surface area contributed by atoms with Gasteiger partial charge in [-0.3, -0.25) is 14.6 Å². The van der Waals surface area contributed by atoms with Crippen LogP contribution in [0, 0.1) is 0 Å². The van der Waals surface area contributed by atoms with Crippen LogP contribution in [0.25, 0.3) is 0 Å². The van der Waals surface area contributed by atoms with Gasteiger partial charge >= 0.3 is 12.0 Å². The molecule has 3 heterocycles. The van der Waals surface area contributed by atoms with E-state index in [4.69, 9.17) is 9.47 Å². The van der Waals surface area contributed by atoms with E-state index >= 15 is 0 Å². The number of hydrazone groups is 1. The lowest BCUT2D eigenvalue weighted by Gasteiger charge is -2.35. The van der Waals surface area contributed by atoms with Gasteiger partial charge in [0.25, 0.3) is 5.91 Å². The molecule has 3 aliphatic heterocycles. The molecule has 2 unspecified atom stereocenters. The number of aliphatic imine (C=N–C) groups is 1. The van der Waals surface area contributed by atoms with Gasteiger partial charge in [0.1, 0.15) is 12.6 Å². The molecule has 0 aromatic heterocycles. The highest BCUT2D eigenvalue weighted by Gasteiger charge is 2.56. The molecular weight excluding hydrogens is 364 g/mol. The SMILES string of the molecule is CCOCCN1N=C(C)C(C)[N+]2=C1N=C1C2C(=O)N(CCOCC)C(=O)N1C. The summed E-state index contributed by atoms with van der Waals surface area (Å²) >= 11 is 0. The fourth-order valence-electron chi connectivity index (χ4n) is 3.53. The Morgan fingerprint density at radius 2 is 1.75 bits per heavy atom. The normalized spacial score (nSPS) is 24.5. The van der Waals surface area contributed by atoms with Crippen molar-refractivity contribution in [3.05, 3.63) is 0 Å². The average Bonchev–Trinajstić information content (AvgIpc) is 3.08. The molecule has 3 aliphatic rings. The lowest BCUT2D eigenvalue weighted by Crippen LogP contribution is -2.64. The first kappa shape index (κ1) is 20.4. The first-order valence-electron chi connectivity index (χ1n) is 9.73. The maximum absolute atomic E-state index is 13.2. The molecule has 0 spiro atoms. The van der Waals surface area contributed by atoms with E-state index in [2.05, 4.69) is 10.1 Å². The van der Waals surface area contributed by atoms with Gasteiger partial charge < -0.3 is 9.47 Å². The Labute approximate surface area is 165 Å². The number of hydrogen-bond acceptors (Lipinski definition) is 7. The molecule has 0 saturated carbocycles. The predicted molar refractivity (Wildman–Crippen MR) is 104 cm³/mol. The van der Waals surface area contributed by atoms with Gasteiger partial charge in [-0.1, -0.05) is 4.99 Å². The van der Waals surface area contributed by atoms with Crippen LogP contribution in [0.5, 0.6) is 0 Å². The summed E-state index contributed by atoms with van der Waals surface area (Å²) in [5, 5.41) is 6.38. The van der Waals surface area contributed by atoms with E-state index in [1.165, 1.54) is 9.80 Å². The van der Waals surface area contributed by atoms with Gasteiger partial charge in [0, 0.05) is 20.3 Å². The molecule has 0 aliphatic carbocycles. The summed E-state index contributed by atoms with van der Waals surface area (Å²) in [5.74, 6) is 0.746. The van der Waals surface area contributed by atoms with Crippen molar-refractivity contribution in [3.8, 4) is 0 Å². The first-order valence-corrected chi connectivity index (χ1v) is 9.73. The van der Waals surface area contributed by atoms with Crippen LogP contribution < -0.4 is 0 Å². The Balaban J connectivity index is 1.91. The molecular formula is C18H29N6O4+. The number of nitrogens with zero attached hydrogens (tertiary/aromatic N) is 6. The molecule has 154 valence electrons. The lowest BCUT2D eigenvalue weighted by atomic mass is 10.1. The second-order valence-electron chi connectivity index (χ2n) is 6.85. The topological polar surface area (TPSA) is 90.0 Å². The fourth-order valence-corrected chi connectivity index (χ4v) is 3.53. The van der Waals surface area contributed by atoms with Crippen LogP contribution in [0.1, 0.15) is 27.7 Å². The van der Waals surface area contributed by atoms with Crippen molar-refractivity contribution in [2.45, 2.75) is 39.8 Å². The van der Waals surface area contributed by atoms with Crippen molar-refractivity contribution in [1.82, 2.24) is 14.8 Å². The van der Waals surface area contributed by atoms with Crippen LogP contribution in [0.3, 0.4) is 0 Å². The molecule has 3 rings (SSSR count). The van der Waals surface area contributed by atoms with Crippen LogP contribution in [0.4, 0.5) is 4.79 Å². The molecule has 1 fully saturated rings. The number of guanidine groups is 1. The molecule has 2 atom stereocenters. The minimum atomic E-state index is -0.644. The predicted octanol–water partition coefficient (Wildman–Crippen LogP) is 0.183. The molecule has 0 bridgehead atoms. The molecule has 10 nitrogen and oxygen atoms in total. The molecule has 0 radical (unpaired) electrons. The van der Waals surface area contributed by atoms with Crippen LogP contribution in [0.15, 0.2) is 10.1 Å². The quantitative estimate of drug-likeness (QED) is 0.434. The third-order valence-electron chi connectivity index (χ3n) is 5.18. The van der Waals surface area contributed by atoms with Crippen molar-refractivity contribution in [2.75, 3.05) is 46.6 Å². The zero-order valence-electron chi connectivity index (χ0n) is 17.2. The Kier molecular flexibility index (Phi) is 6.09. The van der Waals surface area contributed by atoms with Gasteiger partial charge in [-0.2, -0.15) is 0 Å². The maximum Gasteiger partial charge on any atom is 0.417 e. The highest BCUT2D eigenvalue weighted by atomic mass is 16.5. The van der Waals surface area contributed by atoms with E-state index < -0.39 is 6.04 Å². The standard InChI is InChI=1S/C18H29N6O4/c1-6-27-10-8-22-16(25)14-15(21(5)18(22)26)19-17-23(9-11-28-7-2)20-12(3)13(4)24(14)17/h13-14H,6-11H2,1-5H3/q+1. The highest BCUT2D eigenvalue weighted by Crippen LogP contribution is 2.25. The second kappa shape index (κ2) is 8.36. The number of amides is 3. The number of imide groups is 1. The summed E-state index contributed by atoms with van der Waals surface area (Å²) in [5.41, 5.74) is 0.880. The van der Waals surface area contributed by atoms with Crippen LogP contribution in [-0.2, 0) is 14.3 Å². The van der Waals surface area contributed by atoms with Gasteiger partial charge in [0.05, 0.1) is 25.5 Å². The maximum atomic E-state index is 13.2. The molecule has 28 heavy (non-hydrogen) atoms. The average molecular weight is 393 g/mol. The summed E-state index contributed by atoms with van der Waals surface area (Å²) in [6.07, 6.45) is 0. The largest absolute Gasteiger partial charge is 0.417 e. The van der Waals surface area contributed by atoms with Crippen LogP contribution >= 0.6 is 0 Å². The fraction of sp³-hybridized carbons (Fsp3) is 0.722. The van der Waals surface area contributed by atoms with Crippen molar-refractivity contribution >= 4 is 29.4 Å². The third kappa shape index (κ3) is 3.42. The van der Waals surface area contributed by atoms with E-state index in [0.717, 1.165) is 5.71 Å². The van der Waals surface area contributed by atoms with Gasteiger partial charge in [0.2, 0.25) is 11.9 Å². The van der Waals surface area contributed by atoms with Gasteiger partial charge in [0.15, 0.2) is 0 Å². The van der Waals surface area contributed by atoms with Crippen molar-refractivity contribution in [3.63, 3.8) is 0 Å². The number of carbonyl (C=O) groups excluding carboxylic acids is 2. The molecule has 0 aromatic rings. The summed E-state index contributed by atoms with van der Waals surface area (Å²) in [4.78, 5) is 33.3. The second-order valence-corrected chi connectivity index (χ2v) is 6.85. The molecule has 1 saturated heterocycles. The highest BCUT2D eigenvalue weighted by molar-refractivity contribution is 6.23. The van der Waals surface area contributed by atoms with E-state index in [9.17, 15) is 9.59 Å². The number of ether oxygens (including phenoxy) is 2. The van der Waals surface area contributed by atoms with E-state index in [-0.39, 0.29) is 24.5 Å². The first-order chi connectivity index (χ1) is 13.4. The van der Waals surface area contributed by atoms with Gasteiger partial charge in [-0.15, -0.1) is 10.1 Å². The molecule has 0 aromatic carbocycles. The van der Waals surface area contributed by atoms with Crippen LogP contribution in [0.2, 0.25) is 0 Å². The van der Waals surface area contributed by atoms with E-state index in [1.54, 1.807) is 12.1 Å². The number of amidine groups is 1. The molecule has 0 N–H and O–H groups in total. The number of urea groups is 1. The van der Waals surface area contributed by atoms with E-state index in [1.807, 2.05) is 32.3 Å². The van der Waals surface area contributed by atoms with E-state index in [0.29, 0.717) is 44.8 Å². The summed E-state index contributed by atoms with van der Waals surface area (Å²) < 4.78 is 12.7. The molecule has 10 heteroatoms. The number of carbonyl (C=O) groups is 2. The monoisotopic (exact) mass is 393 g/mol. The Morgan fingerprint density at radius 1 is 1.11 bits per heavy atom. The number of fused-ring (bicyclic) bond motifs is 2. The summed E-state index contributed by atoms with van der Waals surface area (Å²) in [6.45, 7) is 10.4. The minimum Gasteiger partial charge on any atom is -0.380 e. The van der Waals surface area contributed by atoms with Crippen molar-refractivity contribution in [2.24, 2.45) is 10.1 Å². The number of likely N-dealkylation sites (N-methyl/N-ethyl adjacent to an activating group) is 1. The van der Waals surface area contributed by atoms with Gasteiger partial charge in [-0.05, 0) is 27.7 Å². The molecule has 3 amide bonds. The zero-order chi connectivity index (χ0) is 20.4. The summed E-state index contributed by atoms with van der Waals surface area (Å²) in [7, 11) is 1.65. The zero-order valence-corrected chi connectivity index (χ0v) is 17.2. The van der Waals surface area contributed by atoms with Gasteiger partial charge in [-0.25, -0.2) is 9.37 Å². The third-order valence-corrected chi connectivity index (χ3v) is 5.18. The van der Waals surface area contributed by atoms with Crippen molar-refractivity contribution < 1.29 is 23.6 Å². The Bertz CT molecular complexity index is 746. The number of hydrogen-bond donors (Lipinski definition) is 0.